The number of pyridine rings is 1. The molecule has 2 heterocycles. The van der Waals surface area contributed by atoms with E-state index in [-0.39, 0.29) is 23.6 Å². The van der Waals surface area contributed by atoms with Crippen molar-refractivity contribution in [2.75, 3.05) is 5.32 Å². The minimum atomic E-state index is -0.271. The molecule has 0 aliphatic rings. The molecule has 1 atom stereocenters. The first-order valence-electron chi connectivity index (χ1n) is 9.60. The van der Waals surface area contributed by atoms with Crippen LogP contribution in [0.3, 0.4) is 0 Å². The van der Waals surface area contributed by atoms with Gasteiger partial charge in [0.25, 0.3) is 5.56 Å². The SMILES string of the molecule is CC(C)Cn1cc(NC(=O)NC(c2cccs2)C(C)C)c2ccccc2c1=O. The summed E-state index contributed by atoms with van der Waals surface area (Å²) in [6.45, 7) is 8.90. The van der Waals surface area contributed by atoms with E-state index in [1.807, 2.05) is 35.7 Å². The first-order chi connectivity index (χ1) is 13.4. The molecule has 0 spiro atoms. The number of hydrogen-bond acceptors (Lipinski definition) is 3. The van der Waals surface area contributed by atoms with E-state index in [4.69, 9.17) is 0 Å². The smallest absolute Gasteiger partial charge is 0.319 e. The molecular weight excluding hydrogens is 370 g/mol. The zero-order valence-electron chi connectivity index (χ0n) is 16.7. The number of carbonyl (C=O) groups is 1. The van der Waals surface area contributed by atoms with Gasteiger partial charge in [-0.2, -0.15) is 0 Å². The van der Waals surface area contributed by atoms with Crippen LogP contribution in [0.4, 0.5) is 10.5 Å². The zero-order valence-corrected chi connectivity index (χ0v) is 17.5. The summed E-state index contributed by atoms with van der Waals surface area (Å²) in [5, 5.41) is 9.42. The van der Waals surface area contributed by atoms with Crippen molar-refractivity contribution < 1.29 is 4.79 Å². The highest BCUT2D eigenvalue weighted by Gasteiger charge is 2.20. The van der Waals surface area contributed by atoms with E-state index >= 15 is 0 Å². The fourth-order valence-corrected chi connectivity index (χ4v) is 4.26. The lowest BCUT2D eigenvalue weighted by molar-refractivity contribution is 0.245. The molecule has 6 heteroatoms. The number of anilines is 1. The lowest BCUT2D eigenvalue weighted by Gasteiger charge is -2.22. The fraction of sp³-hybridized carbons (Fsp3) is 0.364. The highest BCUT2D eigenvalue weighted by Crippen LogP contribution is 2.26. The third-order valence-corrected chi connectivity index (χ3v) is 5.56. The summed E-state index contributed by atoms with van der Waals surface area (Å²) in [4.78, 5) is 26.7. The second-order valence-electron chi connectivity index (χ2n) is 7.78. The molecule has 0 fully saturated rings. The fourth-order valence-electron chi connectivity index (χ4n) is 3.31. The summed E-state index contributed by atoms with van der Waals surface area (Å²) in [5.74, 6) is 0.584. The molecule has 2 N–H and O–H groups in total. The Kier molecular flexibility index (Phi) is 6.19. The summed E-state index contributed by atoms with van der Waals surface area (Å²) < 4.78 is 1.68. The standard InChI is InChI=1S/C22H27N3O2S/c1-14(2)12-25-13-18(16-8-5-6-9-17(16)21(25)26)23-22(27)24-20(15(3)4)19-10-7-11-28-19/h5-11,13-15,20H,12H2,1-4H3,(H2,23,24,27). The molecule has 3 rings (SSSR count). The predicted octanol–water partition coefficient (Wildman–Crippen LogP) is 5.24. The van der Waals surface area contributed by atoms with Gasteiger partial charge < -0.3 is 15.2 Å². The van der Waals surface area contributed by atoms with Crippen LogP contribution in [-0.2, 0) is 6.54 Å². The van der Waals surface area contributed by atoms with Crippen LogP contribution in [0.15, 0.2) is 52.8 Å². The number of carbonyl (C=O) groups excluding carboxylic acids is 1. The van der Waals surface area contributed by atoms with E-state index in [1.54, 1.807) is 28.2 Å². The Hall–Kier alpha value is -2.60. The summed E-state index contributed by atoms with van der Waals surface area (Å²) in [6.07, 6.45) is 1.75. The first-order valence-corrected chi connectivity index (χ1v) is 10.5. The minimum Gasteiger partial charge on any atom is -0.330 e. The van der Waals surface area contributed by atoms with Gasteiger partial charge in [-0.15, -0.1) is 11.3 Å². The summed E-state index contributed by atoms with van der Waals surface area (Å²) >= 11 is 1.63. The number of amides is 2. The second-order valence-corrected chi connectivity index (χ2v) is 8.75. The number of thiophene rings is 1. The molecule has 5 nitrogen and oxygen atoms in total. The largest absolute Gasteiger partial charge is 0.330 e. The molecule has 1 unspecified atom stereocenters. The van der Waals surface area contributed by atoms with Gasteiger partial charge in [0.05, 0.1) is 11.7 Å². The van der Waals surface area contributed by atoms with Crippen molar-refractivity contribution in [2.24, 2.45) is 11.8 Å². The maximum Gasteiger partial charge on any atom is 0.319 e. The van der Waals surface area contributed by atoms with Gasteiger partial charge in [0.1, 0.15) is 0 Å². The number of fused-ring (bicyclic) bond motifs is 1. The van der Waals surface area contributed by atoms with Crippen molar-refractivity contribution in [2.45, 2.75) is 40.3 Å². The highest BCUT2D eigenvalue weighted by atomic mass is 32.1. The molecule has 2 amide bonds. The maximum absolute atomic E-state index is 12.8. The second kappa shape index (κ2) is 8.61. The average molecular weight is 398 g/mol. The quantitative estimate of drug-likeness (QED) is 0.598. The number of hydrogen-bond donors (Lipinski definition) is 2. The van der Waals surface area contributed by atoms with Crippen LogP contribution >= 0.6 is 11.3 Å². The van der Waals surface area contributed by atoms with E-state index in [0.29, 0.717) is 23.5 Å². The Labute approximate surface area is 169 Å². The molecule has 28 heavy (non-hydrogen) atoms. The molecule has 0 radical (unpaired) electrons. The maximum atomic E-state index is 12.8. The molecule has 0 aliphatic heterocycles. The van der Waals surface area contributed by atoms with Crippen LogP contribution < -0.4 is 16.2 Å². The van der Waals surface area contributed by atoms with Crippen molar-refractivity contribution in [3.05, 3.63) is 63.2 Å². The van der Waals surface area contributed by atoms with Gasteiger partial charge >= 0.3 is 6.03 Å². The first kappa shape index (κ1) is 20.1. The third kappa shape index (κ3) is 4.44. The molecule has 0 bridgehead atoms. The van der Waals surface area contributed by atoms with Crippen LogP contribution in [0.1, 0.15) is 38.6 Å². The highest BCUT2D eigenvalue weighted by molar-refractivity contribution is 7.10. The lowest BCUT2D eigenvalue weighted by atomic mass is 10.0. The molecule has 0 saturated carbocycles. The molecule has 3 aromatic rings. The van der Waals surface area contributed by atoms with Gasteiger partial charge in [-0.25, -0.2) is 4.79 Å². The summed E-state index contributed by atoms with van der Waals surface area (Å²) in [5.41, 5.74) is 0.607. The van der Waals surface area contributed by atoms with Gasteiger partial charge in [-0.1, -0.05) is 52.0 Å². The molecule has 2 aromatic heterocycles. The van der Waals surface area contributed by atoms with Crippen LogP contribution in [-0.4, -0.2) is 10.6 Å². The van der Waals surface area contributed by atoms with E-state index in [9.17, 15) is 9.59 Å². The van der Waals surface area contributed by atoms with E-state index in [2.05, 4.69) is 38.3 Å². The van der Waals surface area contributed by atoms with Crippen molar-refractivity contribution >= 4 is 33.8 Å². The van der Waals surface area contributed by atoms with Crippen LogP contribution in [0.25, 0.3) is 10.8 Å². The monoisotopic (exact) mass is 397 g/mol. The lowest BCUT2D eigenvalue weighted by Crippen LogP contribution is -2.35. The Morgan fingerprint density at radius 2 is 1.79 bits per heavy atom. The molecule has 0 saturated heterocycles. The number of rotatable bonds is 6. The zero-order chi connectivity index (χ0) is 20.3. The summed E-state index contributed by atoms with van der Waals surface area (Å²) in [6, 6.07) is 11.1. The van der Waals surface area contributed by atoms with E-state index in [0.717, 1.165) is 10.3 Å². The molecular formula is C22H27N3O2S. The molecule has 1 aromatic carbocycles. The van der Waals surface area contributed by atoms with Crippen LogP contribution in [0.5, 0.6) is 0 Å². The number of nitrogens with one attached hydrogen (secondary N) is 2. The number of nitrogens with zero attached hydrogens (tertiary/aromatic N) is 1. The van der Waals surface area contributed by atoms with Gasteiger partial charge in [-0.3, -0.25) is 4.79 Å². The van der Waals surface area contributed by atoms with Crippen molar-refractivity contribution in [3.8, 4) is 0 Å². The van der Waals surface area contributed by atoms with Gasteiger partial charge in [0.2, 0.25) is 0 Å². The van der Waals surface area contributed by atoms with E-state index < -0.39 is 0 Å². The van der Waals surface area contributed by atoms with Crippen LogP contribution in [0, 0.1) is 11.8 Å². The average Bonchev–Trinajstić information content (AvgIpc) is 3.17. The number of urea groups is 1. The Balaban J connectivity index is 1.91. The normalized spacial score (nSPS) is 12.5. The van der Waals surface area contributed by atoms with E-state index in [1.165, 1.54) is 0 Å². The van der Waals surface area contributed by atoms with Gasteiger partial charge in [-0.05, 0) is 29.3 Å². The number of aromatic nitrogens is 1. The Morgan fingerprint density at radius 3 is 2.39 bits per heavy atom. The third-order valence-electron chi connectivity index (χ3n) is 4.61. The van der Waals surface area contributed by atoms with Crippen molar-refractivity contribution in [3.63, 3.8) is 0 Å². The number of benzene rings is 1. The molecule has 0 aliphatic carbocycles. The van der Waals surface area contributed by atoms with Crippen molar-refractivity contribution in [1.29, 1.82) is 0 Å². The topological polar surface area (TPSA) is 63.1 Å². The Morgan fingerprint density at radius 1 is 1.07 bits per heavy atom. The predicted molar refractivity (Wildman–Crippen MR) is 117 cm³/mol. The van der Waals surface area contributed by atoms with Gasteiger partial charge in [0.15, 0.2) is 0 Å². The minimum absolute atomic E-state index is 0.0334. The molecule has 148 valence electrons. The Bertz CT molecular complexity index is 1010. The van der Waals surface area contributed by atoms with Gasteiger partial charge in [0, 0.05) is 28.4 Å². The van der Waals surface area contributed by atoms with Crippen molar-refractivity contribution in [1.82, 2.24) is 9.88 Å². The summed E-state index contributed by atoms with van der Waals surface area (Å²) in [7, 11) is 0. The van der Waals surface area contributed by atoms with Crippen LogP contribution in [0.2, 0.25) is 0 Å².